The Labute approximate surface area is 203 Å². The summed E-state index contributed by atoms with van der Waals surface area (Å²) >= 11 is 6.65. The lowest BCUT2D eigenvalue weighted by molar-refractivity contribution is -0.122. The van der Waals surface area contributed by atoms with Gasteiger partial charge in [-0.15, -0.1) is 0 Å². The molecular weight excluding hydrogens is 456 g/mol. The summed E-state index contributed by atoms with van der Waals surface area (Å²) in [6.45, 7) is 6.76. The van der Waals surface area contributed by atoms with Crippen LogP contribution in [0.15, 0.2) is 34.0 Å². The van der Waals surface area contributed by atoms with Crippen molar-refractivity contribution in [2.75, 3.05) is 19.0 Å². The van der Waals surface area contributed by atoms with Crippen molar-refractivity contribution in [2.45, 2.75) is 27.3 Å². The van der Waals surface area contributed by atoms with Gasteiger partial charge in [0.15, 0.2) is 0 Å². The molecule has 0 radical (unpaired) electrons. The Morgan fingerprint density at radius 1 is 1.27 bits per heavy atom. The van der Waals surface area contributed by atoms with Crippen molar-refractivity contribution in [2.24, 2.45) is 13.0 Å². The number of hydrogen-bond acceptors (Lipinski definition) is 7. The third kappa shape index (κ3) is 5.13. The third-order valence-electron chi connectivity index (χ3n) is 5.32. The van der Waals surface area contributed by atoms with E-state index in [2.05, 4.69) is 5.32 Å². The highest BCUT2D eigenvalue weighted by molar-refractivity contribution is 8.26. The van der Waals surface area contributed by atoms with E-state index in [1.807, 2.05) is 44.2 Å². The first-order valence-electron chi connectivity index (χ1n) is 10.4. The quantitative estimate of drug-likeness (QED) is 0.471. The normalized spacial score (nSPS) is 14.8. The molecule has 1 N–H and O–H groups in total. The van der Waals surface area contributed by atoms with E-state index in [0.29, 0.717) is 39.3 Å². The van der Waals surface area contributed by atoms with Gasteiger partial charge >= 0.3 is 0 Å². The Bertz CT molecular complexity index is 1220. The van der Waals surface area contributed by atoms with Crippen LogP contribution in [0.5, 0.6) is 5.75 Å². The minimum atomic E-state index is -0.392. The number of ether oxygens (including phenoxy) is 1. The van der Waals surface area contributed by atoms with Gasteiger partial charge in [0.25, 0.3) is 11.5 Å². The van der Waals surface area contributed by atoms with Crippen molar-refractivity contribution < 1.29 is 9.53 Å². The van der Waals surface area contributed by atoms with E-state index in [9.17, 15) is 14.9 Å². The molecule has 1 aromatic carbocycles. The van der Waals surface area contributed by atoms with Crippen LogP contribution in [-0.4, -0.2) is 33.3 Å². The van der Waals surface area contributed by atoms with E-state index in [1.54, 1.807) is 32.1 Å². The van der Waals surface area contributed by atoms with Gasteiger partial charge < -0.3 is 10.1 Å². The molecule has 0 unspecified atom stereocenters. The van der Waals surface area contributed by atoms with Gasteiger partial charge in [-0.25, -0.2) is 0 Å². The number of hydrogen-bond donors (Lipinski definition) is 1. The summed E-state index contributed by atoms with van der Waals surface area (Å²) in [4.78, 5) is 27.9. The first-order chi connectivity index (χ1) is 15.7. The molecule has 1 amide bonds. The van der Waals surface area contributed by atoms with Crippen molar-refractivity contribution in [3.63, 3.8) is 0 Å². The fourth-order valence-corrected chi connectivity index (χ4v) is 4.78. The number of rotatable bonds is 7. The molecule has 3 rings (SSSR count). The second kappa shape index (κ2) is 10.2. The van der Waals surface area contributed by atoms with Crippen LogP contribution in [0.3, 0.4) is 0 Å². The zero-order valence-electron chi connectivity index (χ0n) is 19.3. The molecule has 0 spiro atoms. The van der Waals surface area contributed by atoms with E-state index in [0.717, 1.165) is 11.3 Å². The van der Waals surface area contributed by atoms with Crippen LogP contribution in [-0.2, 0) is 18.4 Å². The maximum atomic E-state index is 13.0. The second-order valence-electron chi connectivity index (χ2n) is 8.13. The van der Waals surface area contributed by atoms with Gasteiger partial charge in [0, 0.05) is 25.7 Å². The molecule has 0 bridgehead atoms. The van der Waals surface area contributed by atoms with E-state index in [1.165, 1.54) is 16.3 Å². The molecule has 1 saturated heterocycles. The summed E-state index contributed by atoms with van der Waals surface area (Å²) < 4.78 is 7.12. The Morgan fingerprint density at radius 2 is 1.94 bits per heavy atom. The van der Waals surface area contributed by atoms with E-state index >= 15 is 0 Å². The molecule has 1 aromatic heterocycles. The Kier molecular flexibility index (Phi) is 7.61. The van der Waals surface area contributed by atoms with Crippen LogP contribution in [0.1, 0.15) is 36.1 Å². The van der Waals surface area contributed by atoms with Crippen molar-refractivity contribution in [1.29, 1.82) is 5.26 Å². The zero-order valence-corrected chi connectivity index (χ0v) is 20.9. The van der Waals surface area contributed by atoms with E-state index in [-0.39, 0.29) is 17.4 Å². The van der Waals surface area contributed by atoms with Gasteiger partial charge in [-0.3, -0.25) is 19.1 Å². The number of nitriles is 1. The number of methoxy groups -OCH3 is 1. The molecule has 0 saturated carbocycles. The summed E-state index contributed by atoms with van der Waals surface area (Å²) in [6.07, 6.45) is 1.73. The number of carbonyl (C=O) groups excluding carboxylic acids is 1. The molecule has 1 aliphatic heterocycles. The summed E-state index contributed by atoms with van der Waals surface area (Å²) in [5, 5.41) is 12.9. The van der Waals surface area contributed by atoms with E-state index < -0.39 is 5.56 Å². The van der Waals surface area contributed by atoms with Crippen LogP contribution in [0, 0.1) is 24.2 Å². The lowest BCUT2D eigenvalue weighted by Gasteiger charge is -2.18. The van der Waals surface area contributed by atoms with Gasteiger partial charge in [-0.2, -0.15) is 5.26 Å². The molecule has 0 atom stereocenters. The van der Waals surface area contributed by atoms with Crippen LogP contribution >= 0.6 is 24.0 Å². The number of aromatic nitrogens is 1. The van der Waals surface area contributed by atoms with Crippen molar-refractivity contribution in [3.8, 4) is 11.8 Å². The monoisotopic (exact) mass is 482 g/mol. The van der Waals surface area contributed by atoms with Gasteiger partial charge in [-0.05, 0) is 42.2 Å². The summed E-state index contributed by atoms with van der Waals surface area (Å²) in [5.74, 6) is 1.40. The molecule has 2 heterocycles. The van der Waals surface area contributed by atoms with Crippen LogP contribution in [0.25, 0.3) is 6.08 Å². The lowest BCUT2D eigenvalue weighted by atomic mass is 10.0. The van der Waals surface area contributed by atoms with Gasteiger partial charge in [0.05, 0.1) is 12.0 Å². The number of pyridine rings is 1. The smallest absolute Gasteiger partial charge is 0.270 e. The Morgan fingerprint density at radius 3 is 2.52 bits per heavy atom. The number of carbonyl (C=O) groups is 1. The first-order valence-corrected chi connectivity index (χ1v) is 11.7. The average Bonchev–Trinajstić information content (AvgIpc) is 3.05. The largest absolute Gasteiger partial charge is 0.497 e. The fraction of sp³-hybridized carbons (Fsp3) is 0.333. The van der Waals surface area contributed by atoms with Crippen molar-refractivity contribution in [3.05, 3.63) is 61.8 Å². The SMILES string of the molecule is COc1ccc(CNc2c(/C=C3/SC(=S)N(CC(C)C)C3=O)c(C)c(C#N)c(=O)n2C)cc1. The fourth-order valence-electron chi connectivity index (χ4n) is 3.53. The van der Waals surface area contributed by atoms with Crippen LogP contribution in [0.4, 0.5) is 5.82 Å². The number of anilines is 1. The molecule has 1 fully saturated rings. The highest BCUT2D eigenvalue weighted by Gasteiger charge is 2.33. The number of thioether (sulfide) groups is 1. The number of benzene rings is 1. The highest BCUT2D eigenvalue weighted by Crippen LogP contribution is 2.35. The van der Waals surface area contributed by atoms with E-state index in [4.69, 9.17) is 17.0 Å². The molecule has 33 heavy (non-hydrogen) atoms. The summed E-state index contributed by atoms with van der Waals surface area (Å²) in [7, 11) is 3.22. The van der Waals surface area contributed by atoms with Crippen LogP contribution < -0.4 is 15.6 Å². The van der Waals surface area contributed by atoms with Crippen LogP contribution in [0.2, 0.25) is 0 Å². The van der Waals surface area contributed by atoms with Crippen molar-refractivity contribution >= 4 is 46.1 Å². The minimum absolute atomic E-state index is 0.0522. The second-order valence-corrected chi connectivity index (χ2v) is 9.80. The highest BCUT2D eigenvalue weighted by atomic mass is 32.2. The molecule has 0 aliphatic carbocycles. The standard InChI is InChI=1S/C24H26N4O3S2/c1-14(2)13-28-23(30)20(33-24(28)32)10-18-15(3)19(11-25)22(29)27(4)21(18)26-12-16-6-8-17(31-5)9-7-16/h6-10,14,26H,12-13H2,1-5H3/b20-10+. The predicted octanol–water partition coefficient (Wildman–Crippen LogP) is 4.04. The molecule has 7 nitrogen and oxygen atoms in total. The molecule has 172 valence electrons. The van der Waals surface area contributed by atoms with Gasteiger partial charge in [-0.1, -0.05) is 50.0 Å². The lowest BCUT2D eigenvalue weighted by Crippen LogP contribution is -2.31. The Hall–Kier alpha value is -3.09. The maximum Gasteiger partial charge on any atom is 0.270 e. The summed E-state index contributed by atoms with van der Waals surface area (Å²) in [6, 6.07) is 9.59. The molecule has 1 aliphatic rings. The molecular formula is C24H26N4O3S2. The van der Waals surface area contributed by atoms with Gasteiger partial charge in [0.2, 0.25) is 0 Å². The minimum Gasteiger partial charge on any atom is -0.497 e. The zero-order chi connectivity index (χ0) is 24.3. The van der Waals surface area contributed by atoms with Crippen molar-refractivity contribution in [1.82, 2.24) is 9.47 Å². The number of amides is 1. The number of thiocarbonyl (C=S) groups is 1. The van der Waals surface area contributed by atoms with Gasteiger partial charge in [0.1, 0.15) is 27.5 Å². The topological polar surface area (TPSA) is 87.4 Å². The predicted molar refractivity (Wildman–Crippen MR) is 136 cm³/mol. The molecule has 9 heteroatoms. The average molecular weight is 483 g/mol. The Balaban J connectivity index is 2.04. The number of nitrogens with one attached hydrogen (secondary N) is 1. The first kappa shape index (κ1) is 24.6. The summed E-state index contributed by atoms with van der Waals surface area (Å²) in [5.41, 5.74) is 1.78. The maximum absolute atomic E-state index is 13.0. The molecule has 2 aromatic rings. The third-order valence-corrected chi connectivity index (χ3v) is 6.69. The number of nitrogens with zero attached hydrogens (tertiary/aromatic N) is 3.